The van der Waals surface area contributed by atoms with E-state index in [1.807, 2.05) is 0 Å². The molecule has 0 fully saturated rings. The molecule has 1 aliphatic carbocycles. The predicted octanol–water partition coefficient (Wildman–Crippen LogP) is 1.93. The van der Waals surface area contributed by atoms with Crippen LogP contribution < -0.4 is 0 Å². The van der Waals surface area contributed by atoms with Crippen LogP contribution in [0.1, 0.15) is 5.56 Å². The number of fused-ring (bicyclic) bond motifs is 1. The summed E-state index contributed by atoms with van der Waals surface area (Å²) in [7, 11) is -3.94. The van der Waals surface area contributed by atoms with Gasteiger partial charge in [-0.3, -0.25) is 13.9 Å². The van der Waals surface area contributed by atoms with Crippen LogP contribution in [0, 0.1) is 5.92 Å². The van der Waals surface area contributed by atoms with Crippen molar-refractivity contribution in [3.8, 4) is 0 Å². The first-order chi connectivity index (χ1) is 11.5. The summed E-state index contributed by atoms with van der Waals surface area (Å²) in [6.07, 6.45) is -2.55. The fourth-order valence-corrected chi connectivity index (χ4v) is 3.98. The van der Waals surface area contributed by atoms with Crippen molar-refractivity contribution in [1.29, 1.82) is 0 Å². The Labute approximate surface area is 141 Å². The maximum atomic E-state index is 13.0. The van der Waals surface area contributed by atoms with E-state index in [0.717, 1.165) is 12.5 Å². The molecule has 0 bridgehead atoms. The zero-order chi connectivity index (χ0) is 18.6. The maximum absolute atomic E-state index is 13.0. The van der Waals surface area contributed by atoms with E-state index in [9.17, 15) is 31.2 Å². The third-order valence-corrected chi connectivity index (χ3v) is 5.24. The number of Topliss-reactive ketones (excluding diaryl/α,β-unsaturated/α-hetero) is 2. The van der Waals surface area contributed by atoms with E-state index in [1.54, 1.807) is 30.3 Å². The van der Waals surface area contributed by atoms with E-state index >= 15 is 0 Å². The van der Waals surface area contributed by atoms with Crippen molar-refractivity contribution in [2.24, 2.45) is 5.92 Å². The van der Waals surface area contributed by atoms with Crippen LogP contribution in [0.15, 0.2) is 48.2 Å². The highest BCUT2D eigenvalue weighted by atomic mass is 32.2. The first-order valence-corrected chi connectivity index (χ1v) is 9.00. The van der Waals surface area contributed by atoms with Gasteiger partial charge in [0, 0.05) is 6.20 Å². The molecule has 0 radical (unpaired) electrons. The standard InChI is InChI=1S/C16H12F3NO4S/c1-25(23,24)20-8-10(9-5-3-2-4-6-9)13-12(20)7-11(16(17,18)19)14(21)15(13)22/h2-8,12-13H,1H3. The number of sulfonamides is 1. The quantitative estimate of drug-likeness (QED) is 0.745. The minimum atomic E-state index is -5.03. The van der Waals surface area contributed by atoms with Gasteiger partial charge in [-0.15, -0.1) is 0 Å². The van der Waals surface area contributed by atoms with Gasteiger partial charge in [0.25, 0.3) is 0 Å². The molecular formula is C16H12F3NO4S. The molecule has 0 saturated heterocycles. The number of allylic oxidation sites excluding steroid dienone is 1. The van der Waals surface area contributed by atoms with Gasteiger partial charge >= 0.3 is 6.18 Å². The van der Waals surface area contributed by atoms with Crippen LogP contribution in [0.5, 0.6) is 0 Å². The lowest BCUT2D eigenvalue weighted by Crippen LogP contribution is -2.46. The van der Waals surface area contributed by atoms with E-state index in [0.29, 0.717) is 15.9 Å². The Morgan fingerprint density at radius 3 is 2.20 bits per heavy atom. The minimum Gasteiger partial charge on any atom is -0.290 e. The number of ketones is 2. The first-order valence-electron chi connectivity index (χ1n) is 7.15. The molecule has 9 heteroatoms. The van der Waals surface area contributed by atoms with Gasteiger partial charge in [0.2, 0.25) is 21.6 Å². The Morgan fingerprint density at radius 2 is 1.68 bits per heavy atom. The minimum absolute atomic E-state index is 0.201. The maximum Gasteiger partial charge on any atom is 0.420 e. The van der Waals surface area contributed by atoms with Gasteiger partial charge < -0.3 is 0 Å². The number of alkyl halides is 3. The largest absolute Gasteiger partial charge is 0.420 e. The van der Waals surface area contributed by atoms with Crippen molar-refractivity contribution >= 4 is 27.2 Å². The summed E-state index contributed by atoms with van der Waals surface area (Å²) < 4.78 is 63.8. The van der Waals surface area contributed by atoms with Gasteiger partial charge in [0.15, 0.2) is 0 Å². The van der Waals surface area contributed by atoms with Crippen LogP contribution in [0.3, 0.4) is 0 Å². The Kier molecular flexibility index (Phi) is 3.86. The molecule has 0 spiro atoms. The van der Waals surface area contributed by atoms with Crippen LogP contribution >= 0.6 is 0 Å². The summed E-state index contributed by atoms with van der Waals surface area (Å²) in [6.45, 7) is 0. The summed E-state index contributed by atoms with van der Waals surface area (Å²) in [5, 5.41) is 0. The van der Waals surface area contributed by atoms with Gasteiger partial charge in [-0.2, -0.15) is 13.2 Å². The van der Waals surface area contributed by atoms with Crippen molar-refractivity contribution in [2.45, 2.75) is 12.2 Å². The van der Waals surface area contributed by atoms with Crippen LogP contribution in [0.25, 0.3) is 5.57 Å². The van der Waals surface area contributed by atoms with Crippen LogP contribution in [0.2, 0.25) is 0 Å². The fraction of sp³-hybridized carbons (Fsp3) is 0.250. The van der Waals surface area contributed by atoms with Crippen LogP contribution in [-0.4, -0.2) is 42.8 Å². The Balaban J connectivity index is 2.20. The fourth-order valence-electron chi connectivity index (χ4n) is 3.05. The molecule has 25 heavy (non-hydrogen) atoms. The second kappa shape index (κ2) is 5.55. The molecule has 0 saturated carbocycles. The Bertz CT molecular complexity index is 916. The van der Waals surface area contributed by atoms with Gasteiger partial charge in [-0.25, -0.2) is 8.42 Å². The highest BCUT2D eigenvalue weighted by Gasteiger charge is 2.53. The molecule has 1 aromatic rings. The smallest absolute Gasteiger partial charge is 0.290 e. The number of nitrogens with zero attached hydrogens (tertiary/aromatic N) is 1. The number of halogens is 3. The molecule has 2 atom stereocenters. The number of rotatable bonds is 2. The molecule has 3 rings (SSSR count). The van der Waals surface area contributed by atoms with Gasteiger partial charge in [-0.1, -0.05) is 30.3 Å². The monoisotopic (exact) mass is 371 g/mol. The lowest BCUT2D eigenvalue weighted by Gasteiger charge is -2.29. The van der Waals surface area contributed by atoms with Crippen molar-refractivity contribution < 1.29 is 31.2 Å². The van der Waals surface area contributed by atoms with E-state index in [1.165, 1.54) is 0 Å². The number of benzene rings is 1. The van der Waals surface area contributed by atoms with Crippen LogP contribution in [0.4, 0.5) is 13.2 Å². The molecule has 0 aromatic heterocycles. The van der Waals surface area contributed by atoms with E-state index < -0.39 is 45.3 Å². The van der Waals surface area contributed by atoms with Crippen molar-refractivity contribution in [2.75, 3.05) is 6.26 Å². The lowest BCUT2D eigenvalue weighted by molar-refractivity contribution is -0.144. The molecule has 2 aliphatic rings. The van der Waals surface area contributed by atoms with Crippen molar-refractivity contribution in [1.82, 2.24) is 4.31 Å². The molecule has 0 amide bonds. The summed E-state index contributed by atoms with van der Waals surface area (Å²) in [6, 6.07) is 6.75. The number of hydrogen-bond donors (Lipinski definition) is 0. The predicted molar refractivity (Wildman–Crippen MR) is 82.5 cm³/mol. The van der Waals surface area contributed by atoms with Gasteiger partial charge in [-0.05, 0) is 17.2 Å². The van der Waals surface area contributed by atoms with Crippen LogP contribution in [-0.2, 0) is 19.6 Å². The molecule has 0 N–H and O–H groups in total. The zero-order valence-electron chi connectivity index (χ0n) is 12.8. The molecule has 2 unspecified atom stereocenters. The average Bonchev–Trinajstić information content (AvgIpc) is 2.90. The van der Waals surface area contributed by atoms with Gasteiger partial charge in [0.05, 0.1) is 18.2 Å². The molecule has 1 aromatic carbocycles. The third kappa shape index (κ3) is 2.88. The zero-order valence-corrected chi connectivity index (χ0v) is 13.6. The lowest BCUT2D eigenvalue weighted by atomic mass is 9.79. The summed E-state index contributed by atoms with van der Waals surface area (Å²) in [5.74, 6) is -4.21. The molecular weight excluding hydrogens is 359 g/mol. The van der Waals surface area contributed by atoms with Crippen molar-refractivity contribution in [3.05, 3.63) is 53.7 Å². The van der Waals surface area contributed by atoms with E-state index in [2.05, 4.69) is 0 Å². The topological polar surface area (TPSA) is 71.5 Å². The Morgan fingerprint density at radius 1 is 1.08 bits per heavy atom. The van der Waals surface area contributed by atoms with E-state index in [-0.39, 0.29) is 5.57 Å². The molecule has 132 valence electrons. The molecule has 5 nitrogen and oxygen atoms in total. The highest BCUT2D eigenvalue weighted by molar-refractivity contribution is 7.88. The highest BCUT2D eigenvalue weighted by Crippen LogP contribution is 2.43. The SMILES string of the molecule is CS(=O)(=O)N1C=C(c2ccccc2)C2C(=O)C(=O)C(C(F)(F)F)=CC21. The van der Waals surface area contributed by atoms with Crippen molar-refractivity contribution in [3.63, 3.8) is 0 Å². The summed E-state index contributed by atoms with van der Waals surface area (Å²) >= 11 is 0. The Hall–Kier alpha value is -2.42. The normalized spacial score (nSPS) is 24.1. The molecule has 1 heterocycles. The first kappa shape index (κ1) is 17.4. The third-order valence-electron chi connectivity index (χ3n) is 4.12. The average molecular weight is 371 g/mol. The molecule has 1 aliphatic heterocycles. The number of hydrogen-bond acceptors (Lipinski definition) is 4. The number of carbonyl (C=O) groups excluding carboxylic acids is 2. The second-order valence-electron chi connectivity index (χ2n) is 5.78. The number of carbonyl (C=O) groups is 2. The van der Waals surface area contributed by atoms with Gasteiger partial charge in [0.1, 0.15) is 5.57 Å². The van der Waals surface area contributed by atoms with E-state index in [4.69, 9.17) is 0 Å². The summed E-state index contributed by atoms with van der Waals surface area (Å²) in [4.78, 5) is 24.3. The summed E-state index contributed by atoms with van der Waals surface area (Å²) in [5.41, 5.74) is -0.962. The second-order valence-corrected chi connectivity index (χ2v) is 7.67.